The lowest BCUT2D eigenvalue weighted by Crippen LogP contribution is -2.47. The maximum Gasteiger partial charge on any atom is 0.222 e. The highest BCUT2D eigenvalue weighted by Crippen LogP contribution is 2.57. The van der Waals surface area contributed by atoms with Gasteiger partial charge >= 0.3 is 0 Å². The van der Waals surface area contributed by atoms with Gasteiger partial charge in [-0.3, -0.25) is 4.90 Å². The molecule has 8 heteroatoms. The van der Waals surface area contributed by atoms with E-state index in [1.54, 1.807) is 22.8 Å². The Morgan fingerprint density at radius 1 is 1.36 bits per heavy atom. The highest BCUT2D eigenvalue weighted by atomic mass is 32.2. The van der Waals surface area contributed by atoms with Gasteiger partial charge in [0.2, 0.25) is 10.0 Å². The molecule has 6 nitrogen and oxygen atoms in total. The molecule has 4 rings (SSSR count). The van der Waals surface area contributed by atoms with Gasteiger partial charge in [-0.25, -0.2) is 17.7 Å². The van der Waals surface area contributed by atoms with Crippen LogP contribution in [0, 0.1) is 5.41 Å². The van der Waals surface area contributed by atoms with Gasteiger partial charge in [0.25, 0.3) is 0 Å². The van der Waals surface area contributed by atoms with Crippen molar-refractivity contribution >= 4 is 21.4 Å². The van der Waals surface area contributed by atoms with Crippen molar-refractivity contribution < 1.29 is 13.2 Å². The Bertz CT molecular complexity index is 708. The monoisotopic (exact) mass is 385 g/mol. The van der Waals surface area contributed by atoms with Gasteiger partial charge in [0.15, 0.2) is 0 Å². The highest BCUT2D eigenvalue weighted by Gasteiger charge is 2.61. The molecule has 2 heterocycles. The first-order valence-electron chi connectivity index (χ1n) is 9.00. The molecule has 3 fully saturated rings. The van der Waals surface area contributed by atoms with Gasteiger partial charge in [-0.2, -0.15) is 0 Å². The Morgan fingerprint density at radius 2 is 2.08 bits per heavy atom. The average molecular weight is 386 g/mol. The number of aromatic nitrogens is 1. The lowest BCUT2D eigenvalue weighted by Gasteiger charge is -2.35. The van der Waals surface area contributed by atoms with Crippen LogP contribution in [0.25, 0.3) is 0 Å². The number of rotatable bonds is 7. The predicted molar refractivity (Wildman–Crippen MR) is 98.0 cm³/mol. The standard InChI is InChI=1S/C17H27N3O3S2/c1-19(12-15-18-7-10-24-15)14-11-16(14)5-8-20(9-6-16)25(21,22)17(3-4-17)13-23-2/h7,10,14H,3-6,8-9,11-13H2,1-2H3. The van der Waals surface area contributed by atoms with E-state index in [1.165, 1.54) is 6.42 Å². The number of methoxy groups -OCH3 is 1. The zero-order valence-electron chi connectivity index (χ0n) is 15.0. The summed E-state index contributed by atoms with van der Waals surface area (Å²) in [6.07, 6.45) is 6.47. The van der Waals surface area contributed by atoms with Crippen LogP contribution in [-0.4, -0.2) is 67.2 Å². The molecule has 1 aromatic rings. The molecule has 140 valence electrons. The molecule has 0 aromatic carbocycles. The van der Waals surface area contributed by atoms with Gasteiger partial charge in [-0.1, -0.05) is 0 Å². The van der Waals surface area contributed by atoms with E-state index in [1.807, 2.05) is 11.6 Å². The van der Waals surface area contributed by atoms with E-state index in [9.17, 15) is 8.42 Å². The Morgan fingerprint density at radius 3 is 2.64 bits per heavy atom. The smallest absolute Gasteiger partial charge is 0.222 e. The van der Waals surface area contributed by atoms with Gasteiger partial charge in [0, 0.05) is 37.8 Å². The number of piperidine rings is 1. The molecule has 1 unspecified atom stereocenters. The molecule has 1 spiro atoms. The minimum atomic E-state index is -3.23. The van der Waals surface area contributed by atoms with Crippen molar-refractivity contribution in [2.24, 2.45) is 5.41 Å². The second kappa shape index (κ2) is 6.27. The summed E-state index contributed by atoms with van der Waals surface area (Å²) in [6.45, 7) is 2.55. The Balaban J connectivity index is 1.35. The molecular formula is C17H27N3O3S2. The van der Waals surface area contributed by atoms with Crippen LogP contribution in [0.15, 0.2) is 11.6 Å². The van der Waals surface area contributed by atoms with E-state index in [-0.39, 0.29) is 0 Å². The Kier molecular flexibility index (Phi) is 4.47. The minimum Gasteiger partial charge on any atom is -0.383 e. The molecule has 0 N–H and O–H groups in total. The number of nitrogens with zero attached hydrogens (tertiary/aromatic N) is 3. The van der Waals surface area contributed by atoms with Crippen molar-refractivity contribution in [2.45, 2.75) is 49.4 Å². The summed E-state index contributed by atoms with van der Waals surface area (Å²) >= 11 is 1.70. The quantitative estimate of drug-likeness (QED) is 0.718. The van der Waals surface area contributed by atoms with Crippen LogP contribution in [0.3, 0.4) is 0 Å². The molecule has 3 aliphatic rings. The van der Waals surface area contributed by atoms with Crippen LogP contribution >= 0.6 is 11.3 Å². The molecule has 2 saturated carbocycles. The van der Waals surface area contributed by atoms with E-state index in [0.29, 0.717) is 31.2 Å². The zero-order chi connectivity index (χ0) is 17.7. The Labute approximate surface area is 154 Å². The van der Waals surface area contributed by atoms with Crippen LogP contribution in [0.4, 0.5) is 0 Å². The van der Waals surface area contributed by atoms with Gasteiger partial charge in [0.1, 0.15) is 9.75 Å². The summed E-state index contributed by atoms with van der Waals surface area (Å²) < 4.78 is 32.2. The average Bonchev–Trinajstić information content (AvgIpc) is 3.46. The second-order valence-corrected chi connectivity index (χ2v) is 11.3. The van der Waals surface area contributed by atoms with E-state index in [4.69, 9.17) is 4.74 Å². The van der Waals surface area contributed by atoms with Crippen molar-refractivity contribution in [3.63, 3.8) is 0 Å². The van der Waals surface area contributed by atoms with Crippen LogP contribution in [-0.2, 0) is 21.3 Å². The number of hydrogen-bond donors (Lipinski definition) is 0. The van der Waals surface area contributed by atoms with Crippen LogP contribution in [0.1, 0.15) is 37.1 Å². The van der Waals surface area contributed by atoms with Crippen molar-refractivity contribution in [3.8, 4) is 0 Å². The summed E-state index contributed by atoms with van der Waals surface area (Å²) in [6, 6.07) is 0.565. The van der Waals surface area contributed by atoms with Gasteiger partial charge in [-0.05, 0) is 44.6 Å². The Hall–Kier alpha value is -0.540. The molecular weight excluding hydrogens is 358 g/mol. The van der Waals surface area contributed by atoms with Gasteiger partial charge in [0.05, 0.1) is 13.2 Å². The fourth-order valence-electron chi connectivity index (χ4n) is 4.47. The van der Waals surface area contributed by atoms with E-state index in [0.717, 1.165) is 37.2 Å². The third kappa shape index (κ3) is 3.06. The number of sulfonamides is 1. The molecule has 1 atom stereocenters. The normalized spacial score (nSPS) is 27.7. The summed E-state index contributed by atoms with van der Waals surface area (Å²) in [5, 5.41) is 3.17. The fraction of sp³-hybridized carbons (Fsp3) is 0.824. The number of hydrogen-bond acceptors (Lipinski definition) is 6. The second-order valence-electron chi connectivity index (χ2n) is 7.94. The minimum absolute atomic E-state index is 0.315. The summed E-state index contributed by atoms with van der Waals surface area (Å²) in [4.78, 5) is 6.77. The molecule has 25 heavy (non-hydrogen) atoms. The van der Waals surface area contributed by atoms with Gasteiger partial charge in [-0.15, -0.1) is 11.3 Å². The van der Waals surface area contributed by atoms with Crippen molar-refractivity contribution in [1.82, 2.24) is 14.2 Å². The number of ether oxygens (including phenoxy) is 1. The van der Waals surface area contributed by atoms with E-state index in [2.05, 4.69) is 16.9 Å². The number of thiazole rings is 1. The van der Waals surface area contributed by atoms with Crippen LogP contribution in [0.5, 0.6) is 0 Å². The van der Waals surface area contributed by atoms with Crippen molar-refractivity contribution in [2.75, 3.05) is 33.9 Å². The van der Waals surface area contributed by atoms with Crippen LogP contribution in [0.2, 0.25) is 0 Å². The predicted octanol–water partition coefficient (Wildman–Crippen LogP) is 1.94. The molecule has 0 amide bonds. The van der Waals surface area contributed by atoms with E-state index < -0.39 is 14.8 Å². The molecule has 1 saturated heterocycles. The lowest BCUT2D eigenvalue weighted by atomic mass is 9.93. The largest absolute Gasteiger partial charge is 0.383 e. The van der Waals surface area contributed by atoms with Crippen molar-refractivity contribution in [1.29, 1.82) is 0 Å². The third-order valence-electron chi connectivity index (χ3n) is 6.37. The molecule has 0 bridgehead atoms. The lowest BCUT2D eigenvalue weighted by molar-refractivity contribution is 0.178. The topological polar surface area (TPSA) is 62.7 Å². The summed E-state index contributed by atoms with van der Waals surface area (Å²) in [7, 11) is 0.532. The molecule has 0 radical (unpaired) electrons. The molecule has 2 aliphatic carbocycles. The van der Waals surface area contributed by atoms with Gasteiger partial charge < -0.3 is 4.74 Å². The first-order valence-corrected chi connectivity index (χ1v) is 11.3. The summed E-state index contributed by atoms with van der Waals surface area (Å²) in [5.74, 6) is 0. The maximum atomic E-state index is 12.9. The van der Waals surface area contributed by atoms with Crippen LogP contribution < -0.4 is 0 Å². The first kappa shape index (κ1) is 17.9. The SMILES string of the molecule is COCC1(S(=O)(=O)N2CCC3(CC2)CC3N(C)Cc2nccs2)CC1. The summed E-state index contributed by atoms with van der Waals surface area (Å²) in [5.41, 5.74) is 0.315. The van der Waals surface area contributed by atoms with Crippen molar-refractivity contribution in [3.05, 3.63) is 16.6 Å². The molecule has 1 aromatic heterocycles. The highest BCUT2D eigenvalue weighted by molar-refractivity contribution is 7.90. The first-order chi connectivity index (χ1) is 11.9. The van der Waals surface area contributed by atoms with E-state index >= 15 is 0 Å². The zero-order valence-corrected chi connectivity index (χ0v) is 16.6. The third-order valence-corrected chi connectivity index (χ3v) is 9.80. The fourth-order valence-corrected chi connectivity index (χ4v) is 7.24. The molecule has 1 aliphatic heterocycles. The maximum absolute atomic E-state index is 12.9.